The molecule has 0 aliphatic carbocycles. The predicted octanol–water partition coefficient (Wildman–Crippen LogP) is 3.60. The van der Waals surface area contributed by atoms with Crippen molar-refractivity contribution in [1.82, 2.24) is 14.9 Å². The van der Waals surface area contributed by atoms with Gasteiger partial charge >= 0.3 is 12.2 Å². The summed E-state index contributed by atoms with van der Waals surface area (Å²) in [6.07, 6.45) is -0.480. The van der Waals surface area contributed by atoms with E-state index < -0.39 is 11.7 Å². The Hall–Kier alpha value is -2.55. The number of piperidine rings is 1. The number of carbonyl (C=O) groups is 1. The zero-order valence-corrected chi connectivity index (χ0v) is 15.4. The van der Waals surface area contributed by atoms with Crippen molar-refractivity contribution in [3.05, 3.63) is 47.2 Å². The van der Waals surface area contributed by atoms with Gasteiger partial charge in [-0.15, -0.1) is 0 Å². The molecule has 1 aromatic carbocycles. The fourth-order valence-corrected chi connectivity index (χ4v) is 2.87. The zero-order chi connectivity index (χ0) is 20.1. The van der Waals surface area contributed by atoms with Gasteiger partial charge in [-0.2, -0.15) is 13.2 Å². The van der Waals surface area contributed by atoms with Crippen LogP contribution in [-0.4, -0.2) is 46.6 Å². The van der Waals surface area contributed by atoms with Crippen LogP contribution in [-0.2, 0) is 11.0 Å². The van der Waals surface area contributed by atoms with Gasteiger partial charge in [-0.25, -0.2) is 9.97 Å². The van der Waals surface area contributed by atoms with E-state index in [1.165, 1.54) is 24.5 Å². The average Bonchev–Trinajstić information content (AvgIpc) is 2.68. The van der Waals surface area contributed by atoms with Crippen molar-refractivity contribution in [1.29, 1.82) is 0 Å². The Labute approximate surface area is 164 Å². The van der Waals surface area contributed by atoms with Crippen LogP contribution in [0.25, 0.3) is 0 Å². The molecule has 0 unspecified atom stereocenters. The van der Waals surface area contributed by atoms with Crippen LogP contribution in [0, 0.1) is 0 Å². The molecule has 1 aromatic heterocycles. The second-order valence-electron chi connectivity index (χ2n) is 6.22. The van der Waals surface area contributed by atoms with Crippen molar-refractivity contribution in [3.63, 3.8) is 0 Å². The van der Waals surface area contributed by atoms with Gasteiger partial charge in [0, 0.05) is 6.54 Å². The summed E-state index contributed by atoms with van der Waals surface area (Å²) in [6, 6.07) is 4.60. The number of likely N-dealkylation sites (tertiary alicyclic amines) is 1. The summed E-state index contributed by atoms with van der Waals surface area (Å²) in [7, 11) is 0. The van der Waals surface area contributed by atoms with Crippen molar-refractivity contribution in [2.75, 3.05) is 19.7 Å². The minimum atomic E-state index is -4.47. The third-order valence-electron chi connectivity index (χ3n) is 4.12. The third-order valence-corrected chi connectivity index (χ3v) is 4.32. The van der Waals surface area contributed by atoms with E-state index in [0.717, 1.165) is 18.6 Å². The molecule has 150 valence electrons. The summed E-state index contributed by atoms with van der Waals surface area (Å²) in [5.74, 6) is -0.342. The molecular formula is C18H17ClF3N3O3. The number of hydrogen-bond donors (Lipinski definition) is 0. The number of ether oxygens (including phenoxy) is 2. The van der Waals surface area contributed by atoms with Gasteiger partial charge in [0.1, 0.15) is 11.9 Å². The highest BCUT2D eigenvalue weighted by Crippen LogP contribution is 2.31. The van der Waals surface area contributed by atoms with E-state index in [-0.39, 0.29) is 30.4 Å². The minimum Gasteiger partial charge on any atom is -0.484 e. The molecule has 0 spiro atoms. The molecule has 0 radical (unpaired) electrons. The van der Waals surface area contributed by atoms with Crippen molar-refractivity contribution >= 4 is 17.5 Å². The molecule has 28 heavy (non-hydrogen) atoms. The SMILES string of the molecule is O=C(COc1cccc(C(F)(F)F)c1)N1CCC[C@H](Oc2ncc(Cl)cn2)C1. The normalized spacial score (nSPS) is 17.3. The first-order valence-electron chi connectivity index (χ1n) is 8.53. The molecular weight excluding hydrogens is 399 g/mol. The van der Waals surface area contributed by atoms with Gasteiger partial charge in [0.05, 0.1) is 29.5 Å². The Balaban J connectivity index is 1.53. The number of halogens is 4. The summed E-state index contributed by atoms with van der Waals surface area (Å²) in [5, 5.41) is 0.388. The van der Waals surface area contributed by atoms with E-state index in [9.17, 15) is 18.0 Å². The zero-order valence-electron chi connectivity index (χ0n) is 14.7. The van der Waals surface area contributed by atoms with Crippen LogP contribution >= 0.6 is 11.6 Å². The molecule has 2 aromatic rings. The van der Waals surface area contributed by atoms with E-state index in [0.29, 0.717) is 24.5 Å². The monoisotopic (exact) mass is 415 g/mol. The van der Waals surface area contributed by atoms with E-state index in [4.69, 9.17) is 21.1 Å². The standard InChI is InChI=1S/C18H17ClF3N3O3/c19-13-8-23-17(24-9-13)28-15-5-2-6-25(10-15)16(26)11-27-14-4-1-3-12(7-14)18(20,21)22/h1,3-4,7-9,15H,2,5-6,10-11H2/t15-/m0/s1. The largest absolute Gasteiger partial charge is 0.484 e. The molecule has 1 saturated heterocycles. The van der Waals surface area contributed by atoms with Crippen molar-refractivity contribution < 1.29 is 27.4 Å². The lowest BCUT2D eigenvalue weighted by atomic mass is 10.1. The lowest BCUT2D eigenvalue weighted by molar-refractivity contribution is -0.137. The second-order valence-corrected chi connectivity index (χ2v) is 6.66. The van der Waals surface area contributed by atoms with Crippen LogP contribution < -0.4 is 9.47 Å². The van der Waals surface area contributed by atoms with Gasteiger partial charge in [0.25, 0.3) is 5.91 Å². The maximum absolute atomic E-state index is 12.7. The Morgan fingerprint density at radius 1 is 1.29 bits per heavy atom. The number of carbonyl (C=O) groups excluding carboxylic acids is 1. The summed E-state index contributed by atoms with van der Waals surface area (Å²) in [4.78, 5) is 21.8. The van der Waals surface area contributed by atoms with Gasteiger partial charge < -0.3 is 14.4 Å². The average molecular weight is 416 g/mol. The highest BCUT2D eigenvalue weighted by Gasteiger charge is 2.31. The van der Waals surface area contributed by atoms with E-state index in [1.54, 1.807) is 4.90 Å². The second kappa shape index (κ2) is 8.64. The van der Waals surface area contributed by atoms with Gasteiger partial charge in [-0.3, -0.25) is 4.79 Å². The van der Waals surface area contributed by atoms with Crippen molar-refractivity contribution in [2.45, 2.75) is 25.1 Å². The van der Waals surface area contributed by atoms with Crippen LogP contribution in [0.4, 0.5) is 13.2 Å². The molecule has 0 N–H and O–H groups in total. The molecule has 0 bridgehead atoms. The summed E-state index contributed by atoms with van der Waals surface area (Å²) < 4.78 is 49.1. The first-order chi connectivity index (χ1) is 13.3. The first-order valence-corrected chi connectivity index (χ1v) is 8.91. The van der Waals surface area contributed by atoms with Crippen LogP contribution in [0.5, 0.6) is 11.8 Å². The fraction of sp³-hybridized carbons (Fsp3) is 0.389. The van der Waals surface area contributed by atoms with Crippen LogP contribution in [0.2, 0.25) is 5.02 Å². The number of rotatable bonds is 5. The number of benzene rings is 1. The third kappa shape index (κ3) is 5.48. The minimum absolute atomic E-state index is 0.0115. The van der Waals surface area contributed by atoms with Gasteiger partial charge in [-0.05, 0) is 31.0 Å². The molecule has 1 amide bonds. The quantitative estimate of drug-likeness (QED) is 0.746. The molecule has 0 saturated carbocycles. The lowest BCUT2D eigenvalue weighted by Crippen LogP contribution is -2.46. The highest BCUT2D eigenvalue weighted by atomic mass is 35.5. The fourth-order valence-electron chi connectivity index (χ4n) is 2.77. The number of nitrogens with zero attached hydrogens (tertiary/aromatic N) is 3. The molecule has 6 nitrogen and oxygen atoms in total. The number of amides is 1. The van der Waals surface area contributed by atoms with Gasteiger partial charge in [0.2, 0.25) is 0 Å². The molecule has 1 aliphatic rings. The predicted molar refractivity (Wildman–Crippen MR) is 94.2 cm³/mol. The lowest BCUT2D eigenvalue weighted by Gasteiger charge is -2.32. The number of aromatic nitrogens is 2. The van der Waals surface area contributed by atoms with E-state index >= 15 is 0 Å². The molecule has 1 atom stereocenters. The molecule has 1 aliphatic heterocycles. The summed E-state index contributed by atoms with van der Waals surface area (Å²) >= 11 is 5.73. The van der Waals surface area contributed by atoms with Crippen molar-refractivity contribution in [2.24, 2.45) is 0 Å². The Kier molecular flexibility index (Phi) is 6.23. The number of alkyl halides is 3. The van der Waals surface area contributed by atoms with Crippen molar-refractivity contribution in [3.8, 4) is 11.8 Å². The molecule has 3 rings (SSSR count). The Morgan fingerprint density at radius 3 is 2.75 bits per heavy atom. The summed E-state index contributed by atoms with van der Waals surface area (Å²) in [6.45, 7) is 0.481. The Bertz CT molecular complexity index is 818. The van der Waals surface area contributed by atoms with E-state index in [1.807, 2.05) is 0 Å². The highest BCUT2D eigenvalue weighted by molar-refractivity contribution is 6.30. The molecule has 2 heterocycles. The topological polar surface area (TPSA) is 64.5 Å². The molecule has 10 heteroatoms. The number of hydrogen-bond acceptors (Lipinski definition) is 5. The Morgan fingerprint density at radius 2 is 2.04 bits per heavy atom. The van der Waals surface area contributed by atoms with Crippen LogP contribution in [0.1, 0.15) is 18.4 Å². The smallest absolute Gasteiger partial charge is 0.416 e. The molecule has 1 fully saturated rings. The van der Waals surface area contributed by atoms with Crippen LogP contribution in [0.3, 0.4) is 0 Å². The maximum Gasteiger partial charge on any atom is 0.416 e. The van der Waals surface area contributed by atoms with Crippen LogP contribution in [0.15, 0.2) is 36.7 Å². The summed E-state index contributed by atoms with van der Waals surface area (Å²) in [5.41, 5.74) is -0.827. The maximum atomic E-state index is 12.7. The van der Waals surface area contributed by atoms with Gasteiger partial charge in [-0.1, -0.05) is 17.7 Å². The van der Waals surface area contributed by atoms with Gasteiger partial charge in [0.15, 0.2) is 6.61 Å². The first kappa shape index (κ1) is 20.2. The van der Waals surface area contributed by atoms with E-state index in [2.05, 4.69) is 9.97 Å².